The van der Waals surface area contributed by atoms with Crippen molar-refractivity contribution in [2.75, 3.05) is 17.5 Å². The van der Waals surface area contributed by atoms with E-state index in [-0.39, 0.29) is 35.2 Å². The van der Waals surface area contributed by atoms with Gasteiger partial charge in [-0.25, -0.2) is 18.1 Å². The summed E-state index contributed by atoms with van der Waals surface area (Å²) in [6.45, 7) is -0.925. The van der Waals surface area contributed by atoms with Gasteiger partial charge in [0.25, 0.3) is 15.6 Å². The second-order valence-corrected chi connectivity index (χ2v) is 9.40. The lowest BCUT2D eigenvalue weighted by molar-refractivity contribution is 0.102. The Hall–Kier alpha value is -3.51. The summed E-state index contributed by atoms with van der Waals surface area (Å²) in [7, 11) is -4.11. The van der Waals surface area contributed by atoms with E-state index in [1.54, 1.807) is 55.0 Å². The third-order valence-electron chi connectivity index (χ3n) is 5.13. The van der Waals surface area contributed by atoms with E-state index in [0.717, 1.165) is 16.1 Å². The number of halogens is 1. The monoisotopic (exact) mass is 517 g/mol. The molecule has 0 amide bonds. The quantitative estimate of drug-likeness (QED) is 0.305. The van der Waals surface area contributed by atoms with Gasteiger partial charge in [-0.05, 0) is 35.9 Å². The minimum absolute atomic E-state index is 0. The van der Waals surface area contributed by atoms with Crippen molar-refractivity contribution in [1.29, 1.82) is 0 Å². The molecule has 4 rings (SSSR count). The molecule has 0 aliphatic rings. The molecule has 3 aromatic heterocycles. The van der Waals surface area contributed by atoms with E-state index in [1.807, 2.05) is 6.07 Å². The predicted octanol–water partition coefficient (Wildman–Crippen LogP) is 1.52. The van der Waals surface area contributed by atoms with Crippen LogP contribution in [-0.4, -0.2) is 57.6 Å². The zero-order valence-electron chi connectivity index (χ0n) is 18.4. The minimum Gasteiger partial charge on any atom is -0.394 e. The highest BCUT2D eigenvalue weighted by Crippen LogP contribution is 2.24. The van der Waals surface area contributed by atoms with E-state index in [2.05, 4.69) is 15.1 Å². The average molecular weight is 518 g/mol. The number of aromatic nitrogens is 4. The molecule has 0 aliphatic heterocycles. The highest BCUT2D eigenvalue weighted by molar-refractivity contribution is 7.92. The molecule has 0 saturated carbocycles. The SMILES string of the molecule is Cl.O=c1c(Cc2cccnc2)c[nH]n1-c1ccc(S(=O)(=O)N(CC(O)CO)c2ccccc2)cn1. The second-order valence-electron chi connectivity index (χ2n) is 7.54. The lowest BCUT2D eigenvalue weighted by Gasteiger charge is -2.26. The van der Waals surface area contributed by atoms with Gasteiger partial charge >= 0.3 is 0 Å². The summed E-state index contributed by atoms with van der Waals surface area (Å²) in [6.07, 6.45) is 5.19. The van der Waals surface area contributed by atoms with Crippen LogP contribution in [0, 0.1) is 0 Å². The summed E-state index contributed by atoms with van der Waals surface area (Å²) < 4.78 is 28.9. The van der Waals surface area contributed by atoms with Crippen molar-refractivity contribution in [2.45, 2.75) is 17.4 Å². The van der Waals surface area contributed by atoms with Gasteiger partial charge in [0.05, 0.1) is 24.9 Å². The Morgan fingerprint density at radius 1 is 1.06 bits per heavy atom. The van der Waals surface area contributed by atoms with E-state index in [4.69, 9.17) is 0 Å². The number of nitrogens with one attached hydrogen (secondary N) is 1. The van der Waals surface area contributed by atoms with Crippen LogP contribution in [0.3, 0.4) is 0 Å². The van der Waals surface area contributed by atoms with E-state index < -0.39 is 22.7 Å². The molecule has 4 aromatic rings. The molecule has 1 atom stereocenters. The van der Waals surface area contributed by atoms with Crippen LogP contribution in [0.1, 0.15) is 11.1 Å². The van der Waals surface area contributed by atoms with Crippen LogP contribution in [0.4, 0.5) is 5.69 Å². The second kappa shape index (κ2) is 11.3. The number of anilines is 1. The Kier molecular flexibility index (Phi) is 8.41. The number of rotatable bonds is 9. The van der Waals surface area contributed by atoms with Gasteiger partial charge in [-0.3, -0.25) is 19.2 Å². The van der Waals surface area contributed by atoms with Crippen LogP contribution < -0.4 is 9.86 Å². The van der Waals surface area contributed by atoms with Gasteiger partial charge in [-0.2, -0.15) is 0 Å². The van der Waals surface area contributed by atoms with Crippen molar-refractivity contribution in [3.05, 3.63) is 101 Å². The number of hydrogen-bond acceptors (Lipinski definition) is 7. The number of aliphatic hydroxyl groups is 2. The van der Waals surface area contributed by atoms with Gasteiger partial charge in [-0.15, -0.1) is 12.4 Å². The molecule has 0 fully saturated rings. The Morgan fingerprint density at radius 2 is 1.83 bits per heavy atom. The third-order valence-corrected chi connectivity index (χ3v) is 6.91. The lowest BCUT2D eigenvalue weighted by atomic mass is 10.1. The summed E-state index contributed by atoms with van der Waals surface area (Å²) in [6, 6.07) is 14.7. The molecule has 0 aliphatic carbocycles. The molecule has 0 saturated heterocycles. The maximum absolute atomic E-state index is 13.3. The summed E-state index contributed by atoms with van der Waals surface area (Å²) >= 11 is 0. The molecule has 12 heteroatoms. The normalized spacial score (nSPS) is 12.1. The molecular formula is C23H24ClN5O5S. The lowest BCUT2D eigenvalue weighted by Crippen LogP contribution is -2.39. The number of H-pyrrole nitrogens is 1. The Balaban J connectivity index is 0.00000342. The minimum atomic E-state index is -4.11. The van der Waals surface area contributed by atoms with Crippen molar-refractivity contribution in [2.24, 2.45) is 0 Å². The van der Waals surface area contributed by atoms with Crippen LogP contribution in [0.15, 0.2) is 89.1 Å². The summed E-state index contributed by atoms with van der Waals surface area (Å²) in [4.78, 5) is 20.9. The number of sulfonamides is 1. The molecule has 0 spiro atoms. The van der Waals surface area contributed by atoms with E-state index >= 15 is 0 Å². The van der Waals surface area contributed by atoms with Crippen LogP contribution in [-0.2, 0) is 16.4 Å². The molecule has 3 heterocycles. The first kappa shape index (κ1) is 26.1. The molecular weight excluding hydrogens is 494 g/mol. The molecule has 0 radical (unpaired) electrons. The number of aliphatic hydroxyl groups excluding tert-OH is 2. The summed E-state index contributed by atoms with van der Waals surface area (Å²) in [5, 5.41) is 22.0. The van der Waals surface area contributed by atoms with Gasteiger partial charge in [0, 0.05) is 36.8 Å². The first-order valence-corrected chi connectivity index (χ1v) is 11.9. The zero-order valence-corrected chi connectivity index (χ0v) is 20.1. The summed E-state index contributed by atoms with van der Waals surface area (Å²) in [5.41, 5.74) is 1.43. The van der Waals surface area contributed by atoms with Crippen LogP contribution in [0.5, 0.6) is 0 Å². The van der Waals surface area contributed by atoms with Gasteiger partial charge in [-0.1, -0.05) is 24.3 Å². The number of pyridine rings is 2. The number of benzene rings is 1. The van der Waals surface area contributed by atoms with E-state index in [1.165, 1.54) is 16.8 Å². The van der Waals surface area contributed by atoms with Crippen molar-refractivity contribution in [1.82, 2.24) is 19.7 Å². The number of nitrogens with zero attached hydrogens (tertiary/aromatic N) is 4. The Bertz CT molecular complexity index is 1390. The van der Waals surface area contributed by atoms with Crippen molar-refractivity contribution >= 4 is 28.1 Å². The molecule has 0 bridgehead atoms. The molecule has 3 N–H and O–H groups in total. The maximum atomic E-state index is 13.3. The van der Waals surface area contributed by atoms with Gasteiger partial charge < -0.3 is 10.2 Å². The number of para-hydroxylation sites is 1. The zero-order chi connectivity index (χ0) is 24.1. The molecule has 10 nitrogen and oxygen atoms in total. The van der Waals surface area contributed by atoms with Crippen LogP contribution >= 0.6 is 12.4 Å². The van der Waals surface area contributed by atoms with Gasteiger partial charge in [0.2, 0.25) is 0 Å². The third kappa shape index (κ3) is 5.77. The summed E-state index contributed by atoms with van der Waals surface area (Å²) in [5.74, 6) is 0.225. The van der Waals surface area contributed by atoms with Crippen molar-refractivity contribution in [3.8, 4) is 5.82 Å². The molecule has 1 unspecified atom stereocenters. The number of hydrogen-bond donors (Lipinski definition) is 3. The fraction of sp³-hybridized carbons (Fsp3) is 0.174. The van der Waals surface area contributed by atoms with Crippen molar-refractivity contribution in [3.63, 3.8) is 0 Å². The van der Waals surface area contributed by atoms with E-state index in [0.29, 0.717) is 17.7 Å². The highest BCUT2D eigenvalue weighted by atomic mass is 35.5. The maximum Gasteiger partial charge on any atom is 0.276 e. The topological polar surface area (TPSA) is 141 Å². The largest absolute Gasteiger partial charge is 0.394 e. The predicted molar refractivity (Wildman–Crippen MR) is 133 cm³/mol. The van der Waals surface area contributed by atoms with Crippen LogP contribution in [0.25, 0.3) is 5.82 Å². The fourth-order valence-corrected chi connectivity index (χ4v) is 4.84. The molecule has 1 aromatic carbocycles. The highest BCUT2D eigenvalue weighted by Gasteiger charge is 2.27. The van der Waals surface area contributed by atoms with Gasteiger partial charge in [0.15, 0.2) is 5.82 Å². The van der Waals surface area contributed by atoms with E-state index in [9.17, 15) is 23.4 Å². The first-order chi connectivity index (χ1) is 16.4. The first-order valence-electron chi connectivity index (χ1n) is 10.4. The van der Waals surface area contributed by atoms with Gasteiger partial charge in [0.1, 0.15) is 4.90 Å². The van der Waals surface area contributed by atoms with Crippen LogP contribution in [0.2, 0.25) is 0 Å². The number of aromatic amines is 1. The molecule has 184 valence electrons. The van der Waals surface area contributed by atoms with Crippen molar-refractivity contribution < 1.29 is 18.6 Å². The Morgan fingerprint density at radius 3 is 2.46 bits per heavy atom. The average Bonchev–Trinajstić information content (AvgIpc) is 3.23. The Labute approximate surface area is 208 Å². The molecule has 35 heavy (non-hydrogen) atoms. The standard InChI is InChI=1S/C23H23N5O5S.ClH/c29-16-20(30)15-27(19-6-2-1-3-7-19)34(32,33)21-8-9-22(25-14-21)28-23(31)18(13-26-28)11-17-5-4-10-24-12-17;/h1-10,12-14,20,26,29-30H,11,15-16H2;1H. The fourth-order valence-electron chi connectivity index (χ4n) is 3.40. The smallest absolute Gasteiger partial charge is 0.276 e.